The number of benzene rings is 3. The lowest BCUT2D eigenvalue weighted by Crippen LogP contribution is -2.22. The van der Waals surface area contributed by atoms with Gasteiger partial charge in [0, 0.05) is 5.56 Å². The first-order valence-corrected chi connectivity index (χ1v) is 12.9. The Morgan fingerprint density at radius 3 is 2.40 bits per heavy atom. The summed E-state index contributed by atoms with van der Waals surface area (Å²) in [4.78, 5) is 29.9. The molecular weight excluding hydrogens is 458 g/mol. The van der Waals surface area contributed by atoms with E-state index in [0.717, 1.165) is 58.5 Å². The molecule has 1 fully saturated rings. The summed E-state index contributed by atoms with van der Waals surface area (Å²) in [5.41, 5.74) is 3.47. The van der Waals surface area contributed by atoms with Gasteiger partial charge in [-0.3, -0.25) is 4.79 Å². The minimum Gasteiger partial charge on any atom is -0.426 e. The molecule has 3 aromatic carbocycles. The number of carbonyl (C=O) groups is 2. The number of hydrogen-bond donors (Lipinski definition) is 0. The second-order valence-electron chi connectivity index (χ2n) is 8.83. The molecule has 0 N–H and O–H groups in total. The zero-order valence-corrected chi connectivity index (χ0v) is 20.5. The van der Waals surface area contributed by atoms with E-state index < -0.39 is 5.97 Å². The van der Waals surface area contributed by atoms with Crippen molar-refractivity contribution in [2.45, 2.75) is 45.4 Å². The highest BCUT2D eigenvalue weighted by Gasteiger charge is 2.23. The lowest BCUT2D eigenvalue weighted by molar-refractivity contribution is -0.139. The number of fused-ring (bicyclic) bond motifs is 1. The molecule has 0 radical (unpaired) electrons. The van der Waals surface area contributed by atoms with Crippen molar-refractivity contribution in [3.05, 3.63) is 77.9 Å². The van der Waals surface area contributed by atoms with E-state index in [0.29, 0.717) is 17.1 Å². The Balaban J connectivity index is 1.29. The zero-order chi connectivity index (χ0) is 24.2. The Labute approximate surface area is 208 Å². The Kier molecular flexibility index (Phi) is 6.91. The maximum absolute atomic E-state index is 12.8. The monoisotopic (exact) mass is 485 g/mol. The van der Waals surface area contributed by atoms with Crippen LogP contribution in [-0.4, -0.2) is 16.9 Å². The largest absolute Gasteiger partial charge is 0.426 e. The Hall–Kier alpha value is -3.51. The van der Waals surface area contributed by atoms with Gasteiger partial charge in [0.2, 0.25) is 0 Å². The fraction of sp³-hybridized carbons (Fsp3) is 0.276. The summed E-state index contributed by atoms with van der Waals surface area (Å²) in [5.74, 6) is 0.244. The van der Waals surface area contributed by atoms with Gasteiger partial charge in [-0.2, -0.15) is 0 Å². The maximum atomic E-state index is 12.8. The number of thiazole rings is 1. The molecule has 4 aromatic rings. The molecular formula is C29H27NO4S. The summed E-state index contributed by atoms with van der Waals surface area (Å²) < 4.78 is 12.3. The third kappa shape index (κ3) is 5.28. The minimum absolute atomic E-state index is 0.0240. The van der Waals surface area contributed by atoms with Crippen molar-refractivity contribution in [1.29, 1.82) is 0 Å². The van der Waals surface area contributed by atoms with E-state index >= 15 is 0 Å². The van der Waals surface area contributed by atoms with Gasteiger partial charge < -0.3 is 9.47 Å². The second kappa shape index (κ2) is 10.4. The molecule has 1 saturated carbocycles. The van der Waals surface area contributed by atoms with E-state index in [1.165, 1.54) is 6.42 Å². The first-order chi connectivity index (χ1) is 17.1. The molecule has 0 amide bonds. The lowest BCUT2D eigenvalue weighted by atomic mass is 9.89. The highest BCUT2D eigenvalue weighted by atomic mass is 32.1. The predicted molar refractivity (Wildman–Crippen MR) is 138 cm³/mol. The lowest BCUT2D eigenvalue weighted by Gasteiger charge is -2.19. The molecule has 1 heterocycles. The standard InChI is InChI=1S/C29H27NO4S/c1-2-19-12-17-23(18-24(19)27-30-25-10-6-7-11-26(25)35-27)34-29(32)21-13-15-22(16-14-21)33-28(31)20-8-4-3-5-9-20/h6-7,10-18,20H,2-5,8-9H2,1H3. The van der Waals surface area contributed by atoms with Crippen molar-refractivity contribution in [1.82, 2.24) is 4.98 Å². The van der Waals surface area contributed by atoms with Crippen LogP contribution in [0.25, 0.3) is 20.8 Å². The van der Waals surface area contributed by atoms with E-state index in [2.05, 4.69) is 13.0 Å². The van der Waals surface area contributed by atoms with Crippen LogP contribution in [0.4, 0.5) is 0 Å². The van der Waals surface area contributed by atoms with Crippen LogP contribution in [0.5, 0.6) is 11.5 Å². The highest BCUT2D eigenvalue weighted by molar-refractivity contribution is 7.21. The molecule has 0 aliphatic heterocycles. The van der Waals surface area contributed by atoms with Crippen LogP contribution in [0, 0.1) is 5.92 Å². The van der Waals surface area contributed by atoms with Gasteiger partial charge in [-0.25, -0.2) is 9.78 Å². The number of ether oxygens (including phenoxy) is 2. The van der Waals surface area contributed by atoms with Crippen LogP contribution >= 0.6 is 11.3 Å². The smallest absolute Gasteiger partial charge is 0.343 e. The van der Waals surface area contributed by atoms with E-state index in [4.69, 9.17) is 14.5 Å². The van der Waals surface area contributed by atoms with Crippen LogP contribution in [0.3, 0.4) is 0 Å². The summed E-state index contributed by atoms with van der Waals surface area (Å²) >= 11 is 1.63. The Morgan fingerprint density at radius 2 is 1.66 bits per heavy atom. The number of hydrogen-bond acceptors (Lipinski definition) is 6. The van der Waals surface area contributed by atoms with Gasteiger partial charge in [-0.05, 0) is 73.4 Å². The van der Waals surface area contributed by atoms with Crippen molar-refractivity contribution in [2.24, 2.45) is 5.92 Å². The zero-order valence-electron chi connectivity index (χ0n) is 19.7. The van der Waals surface area contributed by atoms with Gasteiger partial charge in [-0.15, -0.1) is 11.3 Å². The van der Waals surface area contributed by atoms with E-state index in [9.17, 15) is 9.59 Å². The predicted octanol–water partition coefficient (Wildman–Crippen LogP) is 7.23. The topological polar surface area (TPSA) is 65.5 Å². The number of carbonyl (C=O) groups excluding carboxylic acids is 2. The second-order valence-corrected chi connectivity index (χ2v) is 9.86. The van der Waals surface area contributed by atoms with Gasteiger partial charge in [-0.1, -0.05) is 44.4 Å². The summed E-state index contributed by atoms with van der Waals surface area (Å²) in [5, 5.41) is 0.907. The highest BCUT2D eigenvalue weighted by Crippen LogP contribution is 2.35. The average Bonchev–Trinajstić information content (AvgIpc) is 3.34. The molecule has 6 heteroatoms. The van der Waals surface area contributed by atoms with Gasteiger partial charge in [0.25, 0.3) is 0 Å². The molecule has 5 nitrogen and oxygen atoms in total. The number of aryl methyl sites for hydroxylation is 1. The van der Waals surface area contributed by atoms with Gasteiger partial charge in [0.05, 0.1) is 21.7 Å². The van der Waals surface area contributed by atoms with Crippen LogP contribution in [0.15, 0.2) is 66.7 Å². The first kappa shape index (κ1) is 23.2. The van der Waals surface area contributed by atoms with Gasteiger partial charge in [0.15, 0.2) is 0 Å². The molecule has 0 unspecified atom stereocenters. The quantitative estimate of drug-likeness (QED) is 0.213. The first-order valence-electron chi connectivity index (χ1n) is 12.1. The van der Waals surface area contributed by atoms with E-state index in [1.807, 2.05) is 36.4 Å². The van der Waals surface area contributed by atoms with Gasteiger partial charge in [0.1, 0.15) is 16.5 Å². The Bertz CT molecular complexity index is 1320. The molecule has 35 heavy (non-hydrogen) atoms. The molecule has 178 valence electrons. The molecule has 1 aliphatic rings. The number of nitrogens with zero attached hydrogens (tertiary/aromatic N) is 1. The summed E-state index contributed by atoms with van der Waals surface area (Å²) in [6.07, 6.45) is 5.96. The summed E-state index contributed by atoms with van der Waals surface area (Å²) in [6.45, 7) is 2.10. The fourth-order valence-electron chi connectivity index (χ4n) is 4.48. The number of para-hydroxylation sites is 1. The summed E-state index contributed by atoms with van der Waals surface area (Å²) in [6, 6.07) is 20.3. The van der Waals surface area contributed by atoms with E-state index in [-0.39, 0.29) is 11.9 Å². The Morgan fingerprint density at radius 1 is 0.914 bits per heavy atom. The average molecular weight is 486 g/mol. The molecule has 1 aromatic heterocycles. The molecule has 0 saturated heterocycles. The van der Waals surface area contributed by atoms with Gasteiger partial charge >= 0.3 is 11.9 Å². The molecule has 0 bridgehead atoms. The van der Waals surface area contributed by atoms with Crippen LogP contribution in [-0.2, 0) is 11.2 Å². The third-order valence-electron chi connectivity index (χ3n) is 6.44. The van der Waals surface area contributed by atoms with Crippen molar-refractivity contribution in [2.75, 3.05) is 0 Å². The van der Waals surface area contributed by atoms with Crippen LogP contribution in [0.2, 0.25) is 0 Å². The maximum Gasteiger partial charge on any atom is 0.343 e. The minimum atomic E-state index is -0.463. The van der Waals surface area contributed by atoms with Crippen molar-refractivity contribution in [3.8, 4) is 22.1 Å². The van der Waals surface area contributed by atoms with E-state index in [1.54, 1.807) is 35.6 Å². The third-order valence-corrected chi connectivity index (χ3v) is 7.51. The normalized spacial score (nSPS) is 14.1. The molecule has 0 atom stereocenters. The fourth-order valence-corrected chi connectivity index (χ4v) is 5.49. The van der Waals surface area contributed by atoms with Crippen molar-refractivity contribution < 1.29 is 19.1 Å². The van der Waals surface area contributed by atoms with Crippen LogP contribution in [0.1, 0.15) is 54.9 Å². The summed E-state index contributed by atoms with van der Waals surface area (Å²) in [7, 11) is 0. The van der Waals surface area contributed by atoms with Crippen molar-refractivity contribution >= 4 is 33.5 Å². The SMILES string of the molecule is CCc1ccc(OC(=O)c2ccc(OC(=O)C3CCCCC3)cc2)cc1-c1nc2ccccc2s1. The molecule has 5 rings (SSSR count). The molecule has 1 aliphatic carbocycles. The number of esters is 2. The number of rotatable bonds is 6. The molecule has 0 spiro atoms. The van der Waals surface area contributed by atoms with Crippen LogP contribution < -0.4 is 9.47 Å². The van der Waals surface area contributed by atoms with Crippen molar-refractivity contribution in [3.63, 3.8) is 0 Å². The number of aromatic nitrogens is 1.